The molecule has 1 aliphatic heterocycles. The van der Waals surface area contributed by atoms with Crippen LogP contribution in [0.1, 0.15) is 34.1 Å². The maximum atomic E-state index is 11.7. The molecule has 5 atom stereocenters. The van der Waals surface area contributed by atoms with Gasteiger partial charge in [0, 0.05) is 33.3 Å². The van der Waals surface area contributed by atoms with Gasteiger partial charge in [-0.25, -0.2) is 9.36 Å². The number of phosphoric acid groups is 1. The molecule has 0 aromatic rings. The lowest BCUT2D eigenvalue weighted by molar-refractivity contribution is -0.158. The number of esters is 4. The van der Waals surface area contributed by atoms with Crippen LogP contribution in [0.3, 0.4) is 0 Å². The average molecular weight is 573 g/mol. The number of ether oxygens (including phenoxy) is 4. The van der Waals surface area contributed by atoms with Crippen LogP contribution in [0.4, 0.5) is 0 Å². The van der Waals surface area contributed by atoms with E-state index in [-0.39, 0.29) is 6.61 Å². The van der Waals surface area contributed by atoms with E-state index in [9.17, 15) is 38.6 Å². The molecule has 14 heteroatoms. The number of hydrogen-bond donors (Lipinski definition) is 3. The molecule has 0 saturated carbocycles. The summed E-state index contributed by atoms with van der Waals surface area (Å²) in [4.78, 5) is 64.2. The molecule has 0 bridgehead atoms. The first-order valence-corrected chi connectivity index (χ1v) is 13.1. The Hall–Kier alpha value is -3.35. The third-order valence-corrected chi connectivity index (χ3v) is 5.31. The minimum atomic E-state index is -5.14. The molecule has 0 amide bonds. The fraction of sp³-hybridized carbons (Fsp3) is 0.440. The molecule has 0 aromatic heterocycles. The Labute approximate surface area is 225 Å². The third-order valence-electron chi connectivity index (χ3n) is 4.78. The molecule has 5 unspecified atom stereocenters. The largest absolute Gasteiger partial charge is 0.469 e. The van der Waals surface area contributed by atoms with Crippen molar-refractivity contribution in [2.24, 2.45) is 0 Å². The first kappa shape index (κ1) is 33.7. The number of carbonyl (C=O) groups is 4. The fourth-order valence-electron chi connectivity index (χ4n) is 3.13. The zero-order valence-corrected chi connectivity index (χ0v) is 22.8. The maximum absolute atomic E-state index is 11.7. The second-order valence-electron chi connectivity index (χ2n) is 8.39. The van der Waals surface area contributed by atoms with Crippen LogP contribution in [0, 0.1) is 0 Å². The predicted molar refractivity (Wildman–Crippen MR) is 135 cm³/mol. The number of allylic oxidation sites excluding steroid dienone is 4. The lowest BCUT2D eigenvalue weighted by Crippen LogP contribution is -2.42. The van der Waals surface area contributed by atoms with Crippen LogP contribution in [0.2, 0.25) is 0 Å². The van der Waals surface area contributed by atoms with E-state index in [1.807, 2.05) is 0 Å². The van der Waals surface area contributed by atoms with Gasteiger partial charge in [-0.3, -0.25) is 18.9 Å². The van der Waals surface area contributed by atoms with Crippen molar-refractivity contribution in [3.05, 3.63) is 60.8 Å². The van der Waals surface area contributed by atoms with Gasteiger partial charge >= 0.3 is 31.7 Å². The Morgan fingerprint density at radius 2 is 1.77 bits per heavy atom. The summed E-state index contributed by atoms with van der Waals surface area (Å²) in [6.45, 7) is 4.82. The lowest BCUT2D eigenvalue weighted by atomic mass is 9.92. The van der Waals surface area contributed by atoms with Crippen molar-refractivity contribution in [1.82, 2.24) is 0 Å². The summed E-state index contributed by atoms with van der Waals surface area (Å²) in [5.41, 5.74) is -2.10. The van der Waals surface area contributed by atoms with Crippen molar-refractivity contribution in [2.75, 3.05) is 6.61 Å². The molecule has 1 aliphatic rings. The van der Waals surface area contributed by atoms with Gasteiger partial charge in [0.25, 0.3) is 0 Å². The Balaban J connectivity index is 3.11. The average Bonchev–Trinajstić information content (AvgIpc) is 2.78. The van der Waals surface area contributed by atoms with Crippen LogP contribution in [0.15, 0.2) is 60.8 Å². The van der Waals surface area contributed by atoms with E-state index >= 15 is 0 Å². The minimum Gasteiger partial charge on any atom is -0.462 e. The van der Waals surface area contributed by atoms with Crippen LogP contribution >= 0.6 is 7.82 Å². The third kappa shape index (κ3) is 15.0. The monoisotopic (exact) mass is 572 g/mol. The van der Waals surface area contributed by atoms with Gasteiger partial charge in [-0.1, -0.05) is 30.4 Å². The van der Waals surface area contributed by atoms with Gasteiger partial charge in [-0.15, -0.1) is 0 Å². The van der Waals surface area contributed by atoms with E-state index in [1.165, 1.54) is 38.2 Å². The number of rotatable bonds is 14. The lowest BCUT2D eigenvalue weighted by Gasteiger charge is -2.33. The molecule has 3 N–H and O–H groups in total. The fourth-order valence-corrected chi connectivity index (χ4v) is 3.76. The Morgan fingerprint density at radius 1 is 1.10 bits per heavy atom. The van der Waals surface area contributed by atoms with Crippen LogP contribution < -0.4 is 0 Å². The summed E-state index contributed by atoms with van der Waals surface area (Å²) >= 11 is 0. The van der Waals surface area contributed by atoms with Crippen molar-refractivity contribution >= 4 is 31.7 Å². The van der Waals surface area contributed by atoms with Crippen molar-refractivity contribution in [3.8, 4) is 0 Å². The van der Waals surface area contributed by atoms with Crippen molar-refractivity contribution in [1.29, 1.82) is 0 Å². The molecular formula is C25H33O13P. The van der Waals surface area contributed by atoms with Crippen LogP contribution in [-0.4, -0.2) is 75.4 Å². The number of aliphatic hydroxyl groups is 1. The second kappa shape index (κ2) is 15.9. The Kier molecular flexibility index (Phi) is 13.7. The molecule has 1 rings (SSSR count). The van der Waals surface area contributed by atoms with E-state index in [0.717, 1.165) is 26.0 Å². The van der Waals surface area contributed by atoms with Crippen molar-refractivity contribution in [2.45, 2.75) is 64.1 Å². The van der Waals surface area contributed by atoms with Gasteiger partial charge in [-0.2, -0.15) is 0 Å². The summed E-state index contributed by atoms with van der Waals surface area (Å²) in [6.07, 6.45) is 8.57. The molecule has 39 heavy (non-hydrogen) atoms. The number of hydrogen-bond acceptors (Lipinski definition) is 11. The highest BCUT2D eigenvalue weighted by Gasteiger charge is 2.38. The molecule has 0 fully saturated rings. The molecular weight excluding hydrogens is 539 g/mol. The highest BCUT2D eigenvalue weighted by Crippen LogP contribution is 2.41. The highest BCUT2D eigenvalue weighted by molar-refractivity contribution is 7.46. The molecule has 216 valence electrons. The summed E-state index contributed by atoms with van der Waals surface area (Å²) in [5, 5.41) is 11.1. The summed E-state index contributed by atoms with van der Waals surface area (Å²) in [6, 6.07) is 0. The molecule has 1 heterocycles. The van der Waals surface area contributed by atoms with Crippen LogP contribution in [-0.2, 0) is 47.2 Å². The van der Waals surface area contributed by atoms with Gasteiger partial charge in [0.2, 0.25) is 0 Å². The summed E-state index contributed by atoms with van der Waals surface area (Å²) < 4.78 is 36.6. The topological polar surface area (TPSA) is 192 Å². The normalized spacial score (nSPS) is 21.2. The molecule has 0 aliphatic carbocycles. The minimum absolute atomic E-state index is 0.0847. The van der Waals surface area contributed by atoms with Crippen LogP contribution in [0.25, 0.3) is 0 Å². The molecule has 0 saturated heterocycles. The highest BCUT2D eigenvalue weighted by atomic mass is 31.2. The van der Waals surface area contributed by atoms with Gasteiger partial charge in [0.05, 0.1) is 0 Å². The molecule has 13 nitrogen and oxygen atoms in total. The van der Waals surface area contributed by atoms with Gasteiger partial charge in [-0.05, 0) is 31.2 Å². The smallest absolute Gasteiger partial charge is 0.462 e. The zero-order chi connectivity index (χ0) is 29.6. The second-order valence-corrected chi connectivity index (χ2v) is 9.58. The van der Waals surface area contributed by atoms with Gasteiger partial charge in [0.1, 0.15) is 24.4 Å². The molecule has 0 aromatic carbocycles. The SMILES string of the molecule is CC(=O)OCC=CC=CC=CC(CC(OP(=O)(O)O)C(C)(O)C=CC1OC(=O)C=CC1OC(C)=O)OC(C)=O. The van der Waals surface area contributed by atoms with Crippen molar-refractivity contribution in [3.63, 3.8) is 0 Å². The van der Waals surface area contributed by atoms with Crippen LogP contribution in [0.5, 0.6) is 0 Å². The Bertz CT molecular complexity index is 1060. The number of phosphoric ester groups is 1. The Morgan fingerprint density at radius 3 is 2.36 bits per heavy atom. The van der Waals surface area contributed by atoms with Gasteiger partial charge in [0.15, 0.2) is 12.2 Å². The van der Waals surface area contributed by atoms with E-state index in [1.54, 1.807) is 24.3 Å². The zero-order valence-electron chi connectivity index (χ0n) is 21.9. The quantitative estimate of drug-likeness (QED) is 0.0897. The number of carbonyl (C=O) groups excluding carboxylic acids is 4. The predicted octanol–water partition coefficient (Wildman–Crippen LogP) is 1.74. The van der Waals surface area contributed by atoms with E-state index in [2.05, 4.69) is 0 Å². The van der Waals surface area contributed by atoms with Gasteiger partial charge < -0.3 is 33.8 Å². The van der Waals surface area contributed by atoms with Crippen molar-refractivity contribution < 1.29 is 62.1 Å². The summed E-state index contributed by atoms with van der Waals surface area (Å²) in [5.74, 6) is -2.51. The molecule has 0 spiro atoms. The summed E-state index contributed by atoms with van der Waals surface area (Å²) in [7, 11) is -5.14. The van der Waals surface area contributed by atoms with E-state index in [0.29, 0.717) is 0 Å². The first-order chi connectivity index (χ1) is 18.1. The molecule has 0 radical (unpaired) electrons. The van der Waals surface area contributed by atoms with E-state index < -0.39 is 68.1 Å². The standard InChI is InChI=1S/C25H33O13P/c1-17(26)34-15-9-7-5-6-8-10-20(35-18(2)27)16-23(38-39(31,32)33)25(4,30)14-13-22-21(36-19(3)28)11-12-24(29)37-22/h5-14,20-23,30H,15-16H2,1-4H3,(H2,31,32,33). The van der Waals surface area contributed by atoms with E-state index in [4.69, 9.17) is 23.5 Å². The maximum Gasteiger partial charge on any atom is 0.469 e. The number of cyclic esters (lactones) is 1. The first-order valence-electron chi connectivity index (χ1n) is 11.6.